The molecule has 0 spiro atoms. The molecule has 0 fully saturated rings. The van der Waals surface area contributed by atoms with E-state index in [9.17, 15) is 0 Å². The number of allylic oxidation sites excluding steroid dienone is 2. The van der Waals surface area contributed by atoms with Crippen LogP contribution in [0.5, 0.6) is 0 Å². The van der Waals surface area contributed by atoms with Crippen LogP contribution < -0.4 is 5.84 Å². The van der Waals surface area contributed by atoms with Crippen molar-refractivity contribution in [2.45, 2.75) is 32.2 Å². The molecule has 1 rings (SSSR count). The third-order valence-corrected chi connectivity index (χ3v) is 2.50. The SMILES string of the molecule is CCC1(CC)C=CC=CN1N. The molecule has 62 valence electrons. The Morgan fingerprint density at radius 3 is 2.27 bits per heavy atom. The van der Waals surface area contributed by atoms with Crippen molar-refractivity contribution in [3.63, 3.8) is 0 Å². The van der Waals surface area contributed by atoms with Crippen LogP contribution in [0, 0.1) is 0 Å². The number of hydrazine groups is 1. The summed E-state index contributed by atoms with van der Waals surface area (Å²) in [5.41, 5.74) is 0.0642. The van der Waals surface area contributed by atoms with Crippen molar-refractivity contribution in [1.82, 2.24) is 5.01 Å². The van der Waals surface area contributed by atoms with E-state index >= 15 is 0 Å². The fourth-order valence-electron chi connectivity index (χ4n) is 1.46. The molecule has 0 aliphatic carbocycles. The molecule has 0 saturated heterocycles. The van der Waals surface area contributed by atoms with E-state index in [-0.39, 0.29) is 5.54 Å². The first-order valence-electron chi connectivity index (χ1n) is 4.15. The molecule has 0 bridgehead atoms. The van der Waals surface area contributed by atoms with Gasteiger partial charge >= 0.3 is 0 Å². The zero-order valence-corrected chi connectivity index (χ0v) is 7.25. The summed E-state index contributed by atoms with van der Waals surface area (Å²) in [6, 6.07) is 0. The fourth-order valence-corrected chi connectivity index (χ4v) is 1.46. The summed E-state index contributed by atoms with van der Waals surface area (Å²) in [4.78, 5) is 0. The van der Waals surface area contributed by atoms with Crippen molar-refractivity contribution in [1.29, 1.82) is 0 Å². The average Bonchev–Trinajstić information content (AvgIpc) is 2.06. The van der Waals surface area contributed by atoms with Gasteiger partial charge in [-0.2, -0.15) is 0 Å². The monoisotopic (exact) mass is 152 g/mol. The third kappa shape index (κ3) is 1.31. The van der Waals surface area contributed by atoms with Crippen LogP contribution in [-0.4, -0.2) is 10.5 Å². The van der Waals surface area contributed by atoms with Gasteiger partial charge in [-0.25, -0.2) is 5.84 Å². The van der Waals surface area contributed by atoms with E-state index in [0.717, 1.165) is 12.8 Å². The number of nitrogens with zero attached hydrogens (tertiary/aromatic N) is 1. The van der Waals surface area contributed by atoms with Crippen molar-refractivity contribution >= 4 is 0 Å². The molecule has 1 aliphatic rings. The van der Waals surface area contributed by atoms with Crippen molar-refractivity contribution in [2.75, 3.05) is 0 Å². The summed E-state index contributed by atoms with van der Waals surface area (Å²) in [5, 5.41) is 1.80. The highest BCUT2D eigenvalue weighted by Gasteiger charge is 2.27. The van der Waals surface area contributed by atoms with Crippen LogP contribution in [0.2, 0.25) is 0 Å². The predicted octanol–water partition coefficient (Wildman–Crippen LogP) is 1.80. The summed E-state index contributed by atoms with van der Waals surface area (Å²) in [7, 11) is 0. The Morgan fingerprint density at radius 2 is 1.91 bits per heavy atom. The minimum atomic E-state index is 0.0642. The van der Waals surface area contributed by atoms with Gasteiger partial charge in [-0.3, -0.25) is 0 Å². The van der Waals surface area contributed by atoms with Crippen molar-refractivity contribution in [3.8, 4) is 0 Å². The molecule has 0 saturated carbocycles. The van der Waals surface area contributed by atoms with Gasteiger partial charge in [0.15, 0.2) is 0 Å². The second-order valence-corrected chi connectivity index (χ2v) is 2.92. The Morgan fingerprint density at radius 1 is 1.27 bits per heavy atom. The second-order valence-electron chi connectivity index (χ2n) is 2.92. The quantitative estimate of drug-likeness (QED) is 0.611. The van der Waals surface area contributed by atoms with Crippen LogP contribution in [0.15, 0.2) is 24.4 Å². The molecule has 0 unspecified atom stereocenters. The van der Waals surface area contributed by atoms with Crippen LogP contribution in [0.1, 0.15) is 26.7 Å². The number of hydrogen-bond acceptors (Lipinski definition) is 2. The predicted molar refractivity (Wildman–Crippen MR) is 47.6 cm³/mol. The van der Waals surface area contributed by atoms with Crippen LogP contribution >= 0.6 is 0 Å². The smallest absolute Gasteiger partial charge is 0.0731 e. The van der Waals surface area contributed by atoms with Crippen molar-refractivity contribution in [3.05, 3.63) is 24.4 Å². The molecule has 2 nitrogen and oxygen atoms in total. The van der Waals surface area contributed by atoms with Crippen LogP contribution in [0.25, 0.3) is 0 Å². The lowest BCUT2D eigenvalue weighted by Gasteiger charge is -2.38. The second kappa shape index (κ2) is 3.09. The van der Waals surface area contributed by atoms with E-state index in [4.69, 9.17) is 5.84 Å². The maximum atomic E-state index is 5.83. The van der Waals surface area contributed by atoms with Crippen LogP contribution in [0.4, 0.5) is 0 Å². The van der Waals surface area contributed by atoms with Gasteiger partial charge in [0, 0.05) is 6.20 Å². The summed E-state index contributed by atoms with van der Waals surface area (Å²) >= 11 is 0. The molecule has 2 heteroatoms. The first-order chi connectivity index (χ1) is 5.25. The highest BCUT2D eigenvalue weighted by molar-refractivity contribution is 5.18. The van der Waals surface area contributed by atoms with Gasteiger partial charge < -0.3 is 5.01 Å². The molecule has 0 amide bonds. The normalized spacial score (nSPS) is 20.8. The Hall–Kier alpha value is -0.760. The molecular formula is C9H16N2. The topological polar surface area (TPSA) is 29.3 Å². The van der Waals surface area contributed by atoms with E-state index in [1.165, 1.54) is 0 Å². The van der Waals surface area contributed by atoms with Gasteiger partial charge in [0.05, 0.1) is 5.54 Å². The highest BCUT2D eigenvalue weighted by Crippen LogP contribution is 2.25. The maximum Gasteiger partial charge on any atom is 0.0731 e. The largest absolute Gasteiger partial charge is 0.308 e. The standard InChI is InChI=1S/C9H16N2/c1-3-9(4-2)7-5-6-8-11(9)10/h5-8H,3-4,10H2,1-2H3. The summed E-state index contributed by atoms with van der Waals surface area (Å²) in [6.45, 7) is 4.32. The zero-order valence-electron chi connectivity index (χ0n) is 7.25. The number of hydrogen-bond donors (Lipinski definition) is 1. The summed E-state index contributed by atoms with van der Waals surface area (Å²) in [6.07, 6.45) is 10.2. The van der Waals surface area contributed by atoms with Gasteiger partial charge in [0.2, 0.25) is 0 Å². The summed E-state index contributed by atoms with van der Waals surface area (Å²) < 4.78 is 0. The molecule has 0 atom stereocenters. The highest BCUT2D eigenvalue weighted by atomic mass is 15.4. The van der Waals surface area contributed by atoms with E-state index in [1.807, 2.05) is 12.3 Å². The Labute approximate surface area is 68.3 Å². The van der Waals surface area contributed by atoms with Crippen LogP contribution in [0.3, 0.4) is 0 Å². The van der Waals surface area contributed by atoms with Crippen molar-refractivity contribution in [2.24, 2.45) is 5.84 Å². The van der Waals surface area contributed by atoms with E-state index in [0.29, 0.717) is 0 Å². The lowest BCUT2D eigenvalue weighted by Crippen LogP contribution is -2.48. The molecule has 0 aromatic rings. The van der Waals surface area contributed by atoms with Crippen LogP contribution in [-0.2, 0) is 0 Å². The molecule has 0 aromatic heterocycles. The molecule has 1 aliphatic heterocycles. The number of rotatable bonds is 2. The molecule has 0 aromatic carbocycles. The Kier molecular flexibility index (Phi) is 2.35. The molecule has 1 heterocycles. The minimum absolute atomic E-state index is 0.0642. The average molecular weight is 152 g/mol. The first-order valence-corrected chi connectivity index (χ1v) is 4.15. The summed E-state index contributed by atoms with van der Waals surface area (Å²) in [5.74, 6) is 5.83. The Bertz CT molecular complexity index is 178. The number of nitrogens with two attached hydrogens (primary N) is 1. The lowest BCUT2D eigenvalue weighted by atomic mass is 9.90. The first kappa shape index (κ1) is 8.34. The van der Waals surface area contributed by atoms with Gasteiger partial charge in [-0.15, -0.1) is 0 Å². The van der Waals surface area contributed by atoms with Crippen molar-refractivity contribution < 1.29 is 0 Å². The van der Waals surface area contributed by atoms with E-state index in [1.54, 1.807) is 5.01 Å². The van der Waals surface area contributed by atoms with Gasteiger partial charge in [0.1, 0.15) is 0 Å². The third-order valence-electron chi connectivity index (χ3n) is 2.50. The zero-order chi connectivity index (χ0) is 8.32. The lowest BCUT2D eigenvalue weighted by molar-refractivity contribution is 0.183. The fraction of sp³-hybridized carbons (Fsp3) is 0.556. The maximum absolute atomic E-state index is 5.83. The van der Waals surface area contributed by atoms with Gasteiger partial charge in [-0.05, 0) is 18.9 Å². The molecule has 0 radical (unpaired) electrons. The molecular weight excluding hydrogens is 136 g/mol. The van der Waals surface area contributed by atoms with E-state index in [2.05, 4.69) is 26.0 Å². The molecule has 2 N–H and O–H groups in total. The minimum Gasteiger partial charge on any atom is -0.308 e. The Balaban J connectivity index is 2.82. The molecule has 11 heavy (non-hydrogen) atoms. The van der Waals surface area contributed by atoms with Gasteiger partial charge in [-0.1, -0.05) is 26.0 Å². The van der Waals surface area contributed by atoms with E-state index < -0.39 is 0 Å². The van der Waals surface area contributed by atoms with Gasteiger partial charge in [0.25, 0.3) is 0 Å².